The van der Waals surface area contributed by atoms with Crippen molar-refractivity contribution < 1.29 is 32.6 Å². The Morgan fingerprint density at radius 3 is 2.48 bits per heavy atom. The van der Waals surface area contributed by atoms with Crippen LogP contribution in [0.4, 0.5) is 13.2 Å². The van der Waals surface area contributed by atoms with E-state index in [-0.39, 0.29) is 17.5 Å². The second kappa shape index (κ2) is 7.74. The Kier molecular flexibility index (Phi) is 5.57. The molecule has 2 atom stereocenters. The van der Waals surface area contributed by atoms with E-state index >= 15 is 0 Å². The highest BCUT2D eigenvalue weighted by Crippen LogP contribution is 2.38. The lowest BCUT2D eigenvalue weighted by Crippen LogP contribution is -2.34. The van der Waals surface area contributed by atoms with Gasteiger partial charge in [-0.1, -0.05) is 6.42 Å². The second-order valence-corrected chi connectivity index (χ2v) is 7.06. The summed E-state index contributed by atoms with van der Waals surface area (Å²) in [6.07, 6.45) is 1.81. The molecule has 6 nitrogen and oxygen atoms in total. The summed E-state index contributed by atoms with van der Waals surface area (Å²) in [4.78, 5) is 28.8. The maximum Gasteiger partial charge on any atom is 0.394 e. The van der Waals surface area contributed by atoms with E-state index < -0.39 is 43.0 Å². The minimum atomic E-state index is -4.68. The molecule has 1 aromatic rings. The van der Waals surface area contributed by atoms with Crippen molar-refractivity contribution in [2.24, 2.45) is 11.8 Å². The zero-order valence-electron chi connectivity index (χ0n) is 14.6. The van der Waals surface area contributed by atoms with Gasteiger partial charge >= 0.3 is 12.1 Å². The number of pyridine rings is 1. The van der Waals surface area contributed by atoms with Crippen molar-refractivity contribution in [3.05, 3.63) is 23.9 Å². The van der Waals surface area contributed by atoms with E-state index in [1.807, 2.05) is 0 Å². The highest BCUT2D eigenvalue weighted by Gasteiger charge is 2.53. The van der Waals surface area contributed by atoms with Gasteiger partial charge in [0.25, 0.3) is 5.91 Å². The van der Waals surface area contributed by atoms with Crippen molar-refractivity contribution in [2.45, 2.75) is 44.4 Å². The van der Waals surface area contributed by atoms with Crippen LogP contribution in [0.1, 0.15) is 42.5 Å². The molecule has 1 aromatic heterocycles. The first-order valence-corrected chi connectivity index (χ1v) is 8.97. The first-order valence-electron chi connectivity index (χ1n) is 8.97. The van der Waals surface area contributed by atoms with Gasteiger partial charge < -0.3 is 14.7 Å². The van der Waals surface area contributed by atoms with Crippen molar-refractivity contribution in [3.8, 4) is 5.88 Å². The number of nitrogens with zero attached hydrogens (tertiary/aromatic N) is 2. The van der Waals surface area contributed by atoms with Crippen LogP contribution >= 0.6 is 0 Å². The number of aromatic nitrogens is 1. The number of carbonyl (C=O) groups is 2. The minimum absolute atomic E-state index is 0.0226. The predicted molar refractivity (Wildman–Crippen MR) is 88.3 cm³/mol. The number of rotatable bonds is 4. The van der Waals surface area contributed by atoms with Gasteiger partial charge in [-0.05, 0) is 31.7 Å². The van der Waals surface area contributed by atoms with Crippen molar-refractivity contribution >= 4 is 11.9 Å². The van der Waals surface area contributed by atoms with Gasteiger partial charge in [0.1, 0.15) is 6.10 Å². The lowest BCUT2D eigenvalue weighted by molar-refractivity contribution is -0.187. The van der Waals surface area contributed by atoms with E-state index in [0.717, 1.165) is 37.0 Å². The molecule has 1 amide bonds. The standard InChI is InChI=1S/C18H21F3N2O4/c19-18(20,21)14-10-23(9-13(14)17(25)26)16(24)11-6-7-22-15(8-11)27-12-4-2-1-3-5-12/h6-8,12-14H,1-5,9-10H2,(H,25,26)/t13-,14-/m1/s1. The van der Waals surface area contributed by atoms with Gasteiger partial charge in [-0.3, -0.25) is 9.59 Å². The number of carboxylic acid groups (broad SMARTS) is 1. The van der Waals surface area contributed by atoms with Crippen LogP contribution in [0.2, 0.25) is 0 Å². The Morgan fingerprint density at radius 2 is 1.89 bits per heavy atom. The van der Waals surface area contributed by atoms with Crippen molar-refractivity contribution in [2.75, 3.05) is 13.1 Å². The normalized spacial score (nSPS) is 24.0. The molecule has 27 heavy (non-hydrogen) atoms. The molecule has 1 aliphatic carbocycles. The summed E-state index contributed by atoms with van der Waals surface area (Å²) in [5.74, 6) is -5.67. The van der Waals surface area contributed by atoms with Gasteiger partial charge in [0.15, 0.2) is 0 Å². The molecule has 148 valence electrons. The van der Waals surface area contributed by atoms with Crippen LogP contribution in [0.5, 0.6) is 5.88 Å². The largest absolute Gasteiger partial charge is 0.481 e. The number of carbonyl (C=O) groups excluding carboxylic acids is 1. The smallest absolute Gasteiger partial charge is 0.394 e. The van der Waals surface area contributed by atoms with Gasteiger partial charge in [-0.15, -0.1) is 0 Å². The van der Waals surface area contributed by atoms with Crippen LogP contribution in [-0.2, 0) is 4.79 Å². The zero-order valence-corrected chi connectivity index (χ0v) is 14.6. The average molecular weight is 386 g/mol. The molecule has 1 aliphatic heterocycles. The van der Waals surface area contributed by atoms with E-state index in [1.165, 1.54) is 18.3 Å². The van der Waals surface area contributed by atoms with E-state index in [4.69, 9.17) is 9.84 Å². The van der Waals surface area contributed by atoms with Crippen LogP contribution < -0.4 is 4.74 Å². The third kappa shape index (κ3) is 4.51. The highest BCUT2D eigenvalue weighted by molar-refractivity contribution is 5.95. The molecular weight excluding hydrogens is 365 g/mol. The summed E-state index contributed by atoms with van der Waals surface area (Å²) >= 11 is 0. The molecule has 9 heteroatoms. The van der Waals surface area contributed by atoms with E-state index in [2.05, 4.69) is 4.98 Å². The highest BCUT2D eigenvalue weighted by atomic mass is 19.4. The van der Waals surface area contributed by atoms with Gasteiger partial charge in [0, 0.05) is 30.9 Å². The molecular formula is C18H21F3N2O4. The van der Waals surface area contributed by atoms with Crippen LogP contribution in [0.15, 0.2) is 18.3 Å². The predicted octanol–water partition coefficient (Wildman–Crippen LogP) is 3.13. The van der Waals surface area contributed by atoms with Crippen molar-refractivity contribution in [1.82, 2.24) is 9.88 Å². The number of halogens is 3. The number of aliphatic carboxylic acids is 1. The molecule has 1 saturated heterocycles. The summed E-state index contributed by atoms with van der Waals surface area (Å²) in [5, 5.41) is 9.08. The number of ether oxygens (including phenoxy) is 1. The maximum atomic E-state index is 13.1. The number of likely N-dealkylation sites (tertiary alicyclic amines) is 1. The number of hydrogen-bond donors (Lipinski definition) is 1. The summed E-state index contributed by atoms with van der Waals surface area (Å²) < 4.78 is 45.1. The average Bonchev–Trinajstić information content (AvgIpc) is 3.08. The van der Waals surface area contributed by atoms with Crippen LogP contribution in [0.25, 0.3) is 0 Å². The number of amides is 1. The van der Waals surface area contributed by atoms with Gasteiger partial charge in [0.2, 0.25) is 5.88 Å². The topological polar surface area (TPSA) is 79.7 Å². The summed E-state index contributed by atoms with van der Waals surface area (Å²) in [7, 11) is 0. The molecule has 1 N–H and O–H groups in total. The first kappa shape index (κ1) is 19.4. The van der Waals surface area contributed by atoms with Crippen molar-refractivity contribution in [1.29, 1.82) is 0 Å². The number of alkyl halides is 3. The molecule has 2 aliphatic rings. The molecule has 0 bridgehead atoms. The van der Waals surface area contributed by atoms with Gasteiger partial charge in [-0.2, -0.15) is 13.2 Å². The van der Waals surface area contributed by atoms with Crippen LogP contribution in [0.3, 0.4) is 0 Å². The Labute approximate surface area is 154 Å². The third-order valence-corrected chi connectivity index (χ3v) is 5.17. The van der Waals surface area contributed by atoms with Crippen LogP contribution in [0, 0.1) is 11.8 Å². The fourth-order valence-electron chi connectivity index (χ4n) is 3.69. The Morgan fingerprint density at radius 1 is 1.19 bits per heavy atom. The van der Waals surface area contributed by atoms with Gasteiger partial charge in [0.05, 0.1) is 11.8 Å². The number of carboxylic acids is 1. The van der Waals surface area contributed by atoms with Crippen molar-refractivity contribution in [3.63, 3.8) is 0 Å². The Balaban J connectivity index is 1.72. The molecule has 1 saturated carbocycles. The second-order valence-electron chi connectivity index (χ2n) is 7.06. The SMILES string of the molecule is O=C(O)[C@@H]1CN(C(=O)c2ccnc(OC3CCCCC3)c2)C[C@H]1C(F)(F)F. The summed E-state index contributed by atoms with van der Waals surface area (Å²) in [6.45, 7) is -1.14. The quantitative estimate of drug-likeness (QED) is 0.860. The maximum absolute atomic E-state index is 13.1. The van der Waals surface area contributed by atoms with E-state index in [9.17, 15) is 22.8 Å². The van der Waals surface area contributed by atoms with E-state index in [1.54, 1.807) is 0 Å². The van der Waals surface area contributed by atoms with E-state index in [0.29, 0.717) is 0 Å². The molecule has 0 radical (unpaired) electrons. The molecule has 2 heterocycles. The third-order valence-electron chi connectivity index (χ3n) is 5.17. The minimum Gasteiger partial charge on any atom is -0.481 e. The molecule has 2 fully saturated rings. The Hall–Kier alpha value is -2.32. The molecule has 0 spiro atoms. The molecule has 3 rings (SSSR count). The molecule has 0 aromatic carbocycles. The number of hydrogen-bond acceptors (Lipinski definition) is 4. The summed E-state index contributed by atoms with van der Waals surface area (Å²) in [6, 6.07) is 2.81. The van der Waals surface area contributed by atoms with Crippen LogP contribution in [-0.4, -0.2) is 52.2 Å². The monoisotopic (exact) mass is 386 g/mol. The molecule has 0 unspecified atom stereocenters. The zero-order chi connectivity index (χ0) is 19.6. The van der Waals surface area contributed by atoms with Gasteiger partial charge in [-0.25, -0.2) is 4.98 Å². The Bertz CT molecular complexity index is 704. The fraction of sp³-hybridized carbons (Fsp3) is 0.611. The lowest BCUT2D eigenvalue weighted by Gasteiger charge is -2.22. The first-order chi connectivity index (χ1) is 12.8. The lowest BCUT2D eigenvalue weighted by atomic mass is 9.96. The summed E-state index contributed by atoms with van der Waals surface area (Å²) in [5.41, 5.74) is 0.141. The fourth-order valence-corrected chi connectivity index (χ4v) is 3.69.